The lowest BCUT2D eigenvalue weighted by atomic mass is 9.81. The Morgan fingerprint density at radius 1 is 1.15 bits per heavy atom. The maximum Gasteiger partial charge on any atom is 0.246 e. The van der Waals surface area contributed by atoms with Gasteiger partial charge in [-0.05, 0) is 39.5 Å². The van der Waals surface area contributed by atoms with E-state index in [-0.39, 0.29) is 0 Å². The second-order valence-corrected chi connectivity index (χ2v) is 9.35. The molecular formula is C18H26N4O3S. The Morgan fingerprint density at radius 2 is 1.88 bits per heavy atom. The van der Waals surface area contributed by atoms with Crippen LogP contribution in [0.15, 0.2) is 15.7 Å². The SMILES string of the molecule is Cc1nn(Cc2conc2C2CCC2)c(C)c1S(=O)(=O)N1CCCCC1. The van der Waals surface area contributed by atoms with Crippen molar-refractivity contribution in [2.75, 3.05) is 13.1 Å². The van der Waals surface area contributed by atoms with Gasteiger partial charge in [0.25, 0.3) is 0 Å². The molecule has 0 unspecified atom stereocenters. The van der Waals surface area contributed by atoms with Crippen LogP contribution in [0.5, 0.6) is 0 Å². The Hall–Kier alpha value is -1.67. The molecule has 1 aliphatic carbocycles. The highest BCUT2D eigenvalue weighted by atomic mass is 32.2. The van der Waals surface area contributed by atoms with Crippen molar-refractivity contribution in [1.82, 2.24) is 19.2 Å². The molecule has 26 heavy (non-hydrogen) atoms. The molecule has 2 fully saturated rings. The molecule has 3 heterocycles. The quantitative estimate of drug-likeness (QED) is 0.799. The van der Waals surface area contributed by atoms with Gasteiger partial charge >= 0.3 is 0 Å². The molecule has 1 saturated carbocycles. The van der Waals surface area contributed by atoms with Crippen molar-refractivity contribution < 1.29 is 12.9 Å². The van der Waals surface area contributed by atoms with E-state index in [1.54, 1.807) is 22.2 Å². The van der Waals surface area contributed by atoms with Crippen LogP contribution in [0.2, 0.25) is 0 Å². The lowest BCUT2D eigenvalue weighted by molar-refractivity contribution is 0.346. The van der Waals surface area contributed by atoms with Crippen molar-refractivity contribution >= 4 is 10.0 Å². The van der Waals surface area contributed by atoms with E-state index < -0.39 is 10.0 Å². The first-order valence-electron chi connectivity index (χ1n) is 9.46. The molecule has 2 aromatic heterocycles. The Labute approximate surface area is 154 Å². The average molecular weight is 378 g/mol. The summed E-state index contributed by atoms with van der Waals surface area (Å²) in [6.45, 7) is 5.32. The molecule has 0 N–H and O–H groups in total. The Morgan fingerprint density at radius 3 is 2.54 bits per heavy atom. The van der Waals surface area contributed by atoms with E-state index in [0.29, 0.717) is 41.8 Å². The predicted molar refractivity (Wildman–Crippen MR) is 96.5 cm³/mol. The van der Waals surface area contributed by atoms with Crippen LogP contribution in [0, 0.1) is 13.8 Å². The van der Waals surface area contributed by atoms with Crippen LogP contribution in [0.4, 0.5) is 0 Å². The number of aryl methyl sites for hydroxylation is 1. The highest BCUT2D eigenvalue weighted by Crippen LogP contribution is 2.37. The van der Waals surface area contributed by atoms with Crippen molar-refractivity contribution in [3.63, 3.8) is 0 Å². The van der Waals surface area contributed by atoms with Gasteiger partial charge in [0.05, 0.1) is 23.6 Å². The fraction of sp³-hybridized carbons (Fsp3) is 0.667. The van der Waals surface area contributed by atoms with Crippen LogP contribution in [0.1, 0.15) is 67.1 Å². The molecular weight excluding hydrogens is 352 g/mol. The minimum absolute atomic E-state index is 0.362. The highest BCUT2D eigenvalue weighted by molar-refractivity contribution is 7.89. The molecule has 2 aromatic rings. The summed E-state index contributed by atoms with van der Waals surface area (Å²) in [7, 11) is -3.49. The standard InChI is InChI=1S/C18H26N4O3S/c1-13-18(26(23,24)21-9-4-3-5-10-21)14(2)22(19-13)11-16-12-25-20-17(16)15-7-6-8-15/h12,15H,3-11H2,1-2H3. The van der Waals surface area contributed by atoms with Gasteiger partial charge in [0.2, 0.25) is 10.0 Å². The fourth-order valence-corrected chi connectivity index (χ4v) is 5.90. The summed E-state index contributed by atoms with van der Waals surface area (Å²) < 4.78 is 34.8. The lowest BCUT2D eigenvalue weighted by Gasteiger charge is -2.26. The number of hydrogen-bond donors (Lipinski definition) is 0. The van der Waals surface area contributed by atoms with Gasteiger partial charge in [-0.3, -0.25) is 4.68 Å². The minimum Gasteiger partial charge on any atom is -0.364 e. The van der Waals surface area contributed by atoms with Gasteiger partial charge in [-0.2, -0.15) is 9.40 Å². The third-order valence-electron chi connectivity index (χ3n) is 5.71. The molecule has 2 aliphatic rings. The summed E-state index contributed by atoms with van der Waals surface area (Å²) in [5.74, 6) is 0.470. The van der Waals surface area contributed by atoms with Crippen molar-refractivity contribution in [2.45, 2.75) is 69.7 Å². The first-order valence-corrected chi connectivity index (χ1v) is 10.9. The number of hydrogen-bond acceptors (Lipinski definition) is 5. The fourth-order valence-electron chi connectivity index (χ4n) is 4.01. The molecule has 7 nitrogen and oxygen atoms in total. The van der Waals surface area contributed by atoms with Gasteiger partial charge in [0, 0.05) is 24.6 Å². The molecule has 1 saturated heterocycles. The van der Waals surface area contributed by atoms with Crippen LogP contribution >= 0.6 is 0 Å². The molecule has 0 spiro atoms. The van der Waals surface area contributed by atoms with Crippen molar-refractivity contribution in [2.24, 2.45) is 0 Å². The van der Waals surface area contributed by atoms with Crippen molar-refractivity contribution in [3.05, 3.63) is 28.9 Å². The number of aromatic nitrogens is 3. The minimum atomic E-state index is -3.49. The van der Waals surface area contributed by atoms with Gasteiger partial charge < -0.3 is 4.52 Å². The number of nitrogens with zero attached hydrogens (tertiary/aromatic N) is 4. The molecule has 142 valence electrons. The molecule has 0 aromatic carbocycles. The van der Waals surface area contributed by atoms with E-state index in [2.05, 4.69) is 10.3 Å². The topological polar surface area (TPSA) is 81.2 Å². The van der Waals surface area contributed by atoms with E-state index in [1.165, 1.54) is 6.42 Å². The van der Waals surface area contributed by atoms with E-state index >= 15 is 0 Å². The number of sulfonamides is 1. The van der Waals surface area contributed by atoms with Crippen LogP contribution in [-0.2, 0) is 16.6 Å². The number of rotatable bonds is 5. The highest BCUT2D eigenvalue weighted by Gasteiger charge is 2.32. The third-order valence-corrected chi connectivity index (χ3v) is 7.87. The summed E-state index contributed by atoms with van der Waals surface area (Å²) in [6.07, 6.45) is 8.14. The lowest BCUT2D eigenvalue weighted by Crippen LogP contribution is -2.36. The van der Waals surface area contributed by atoms with Crippen molar-refractivity contribution in [1.29, 1.82) is 0 Å². The largest absolute Gasteiger partial charge is 0.364 e. The summed E-state index contributed by atoms with van der Waals surface area (Å²) in [6, 6.07) is 0. The smallest absolute Gasteiger partial charge is 0.246 e. The zero-order chi connectivity index (χ0) is 18.3. The summed E-state index contributed by atoms with van der Waals surface area (Å²) in [5, 5.41) is 8.70. The van der Waals surface area contributed by atoms with E-state index in [0.717, 1.165) is 43.4 Å². The van der Waals surface area contributed by atoms with Crippen molar-refractivity contribution in [3.8, 4) is 0 Å². The van der Waals surface area contributed by atoms with Gasteiger partial charge in [-0.1, -0.05) is 18.0 Å². The molecule has 8 heteroatoms. The van der Waals surface area contributed by atoms with Gasteiger partial charge in [-0.15, -0.1) is 0 Å². The zero-order valence-corrected chi connectivity index (χ0v) is 16.3. The van der Waals surface area contributed by atoms with Crippen LogP contribution < -0.4 is 0 Å². The number of piperidine rings is 1. The second-order valence-electron chi connectivity index (χ2n) is 7.48. The monoisotopic (exact) mass is 378 g/mol. The normalized spacial score (nSPS) is 19.6. The molecule has 0 bridgehead atoms. The Bertz CT molecular complexity index is 890. The van der Waals surface area contributed by atoms with E-state index in [9.17, 15) is 8.42 Å². The maximum absolute atomic E-state index is 13.1. The van der Waals surface area contributed by atoms with Crippen LogP contribution in [0.3, 0.4) is 0 Å². The van der Waals surface area contributed by atoms with Gasteiger partial charge in [0.1, 0.15) is 11.2 Å². The van der Waals surface area contributed by atoms with Gasteiger partial charge in [-0.25, -0.2) is 8.42 Å². The first-order chi connectivity index (χ1) is 12.5. The van der Waals surface area contributed by atoms with E-state index in [4.69, 9.17) is 4.52 Å². The first kappa shape index (κ1) is 17.7. The molecule has 0 amide bonds. The Balaban J connectivity index is 1.64. The molecule has 0 radical (unpaired) electrons. The van der Waals surface area contributed by atoms with Crippen LogP contribution in [0.25, 0.3) is 0 Å². The third kappa shape index (κ3) is 2.99. The van der Waals surface area contributed by atoms with Gasteiger partial charge in [0.15, 0.2) is 0 Å². The predicted octanol–water partition coefficient (Wildman–Crippen LogP) is 2.98. The molecule has 4 rings (SSSR count). The molecule has 0 atom stereocenters. The molecule has 1 aliphatic heterocycles. The summed E-state index contributed by atoms with van der Waals surface area (Å²) >= 11 is 0. The van der Waals surface area contributed by atoms with Crippen LogP contribution in [-0.4, -0.2) is 40.7 Å². The zero-order valence-electron chi connectivity index (χ0n) is 15.4. The second kappa shape index (κ2) is 6.81. The van der Waals surface area contributed by atoms with E-state index in [1.807, 2.05) is 6.92 Å². The Kier molecular flexibility index (Phi) is 4.64. The summed E-state index contributed by atoms with van der Waals surface area (Å²) in [5.41, 5.74) is 3.26. The summed E-state index contributed by atoms with van der Waals surface area (Å²) in [4.78, 5) is 0.362. The average Bonchev–Trinajstić information content (AvgIpc) is 3.12. The maximum atomic E-state index is 13.1.